The third-order valence-corrected chi connectivity index (χ3v) is 5.68. The lowest BCUT2D eigenvalue weighted by atomic mass is 10.2. The molecule has 0 aliphatic carbocycles. The van der Waals surface area contributed by atoms with Crippen LogP contribution in [0.25, 0.3) is 0 Å². The van der Waals surface area contributed by atoms with Crippen LogP contribution in [-0.4, -0.2) is 32.5 Å². The summed E-state index contributed by atoms with van der Waals surface area (Å²) in [5.41, 5.74) is 2.02. The maximum atomic E-state index is 6.22. The van der Waals surface area contributed by atoms with E-state index in [0.29, 0.717) is 16.7 Å². The second-order valence-corrected chi connectivity index (χ2v) is 8.00. The zero-order valence-corrected chi connectivity index (χ0v) is 19.0. The summed E-state index contributed by atoms with van der Waals surface area (Å²) in [6, 6.07) is 13.4. The Kier molecular flexibility index (Phi) is 10.0. The van der Waals surface area contributed by atoms with Gasteiger partial charge >= 0.3 is 0 Å². The van der Waals surface area contributed by atoms with Crippen molar-refractivity contribution in [3.8, 4) is 5.75 Å². The highest BCUT2D eigenvalue weighted by Crippen LogP contribution is 2.24. The molecule has 0 fully saturated rings. The summed E-state index contributed by atoms with van der Waals surface area (Å²) in [6.07, 6.45) is 1.01. The van der Waals surface area contributed by atoms with Crippen molar-refractivity contribution >= 4 is 47.4 Å². The topological polar surface area (TPSA) is 64.9 Å². The molecule has 0 radical (unpaired) electrons. The molecule has 3 aromatic rings. The Hall–Kier alpha value is -1.51. The van der Waals surface area contributed by atoms with Crippen LogP contribution in [-0.2, 0) is 20.2 Å². The minimum Gasteiger partial charge on any atom is -0.489 e. The molecule has 1 N–H and O–H groups in total. The van der Waals surface area contributed by atoms with E-state index in [1.807, 2.05) is 37.4 Å². The van der Waals surface area contributed by atoms with Crippen molar-refractivity contribution in [1.82, 2.24) is 25.5 Å². The predicted molar refractivity (Wildman–Crippen MR) is 120 cm³/mol. The van der Waals surface area contributed by atoms with Gasteiger partial charge in [0.2, 0.25) is 5.16 Å². The summed E-state index contributed by atoms with van der Waals surface area (Å²) in [5.74, 6) is 1.80. The molecule has 10 heteroatoms. The molecule has 0 saturated carbocycles. The number of hydrogen-bond donors (Lipinski definition) is 1. The van der Waals surface area contributed by atoms with Crippen LogP contribution in [0.15, 0.2) is 47.6 Å². The number of rotatable bonds is 10. The van der Waals surface area contributed by atoms with Gasteiger partial charge in [0, 0.05) is 40.5 Å². The SMILES string of the molecule is Cl.Cn1nnnc1SCCCNCc1ccccc1OCc1ccc(Cl)cc1Cl. The summed E-state index contributed by atoms with van der Waals surface area (Å²) in [6.45, 7) is 2.03. The number of aryl methyl sites for hydroxylation is 1. The summed E-state index contributed by atoms with van der Waals surface area (Å²) in [5, 5.41) is 16.9. The number of halogens is 3. The molecule has 1 heterocycles. The van der Waals surface area contributed by atoms with E-state index in [-0.39, 0.29) is 12.4 Å². The van der Waals surface area contributed by atoms with Gasteiger partial charge in [-0.2, -0.15) is 0 Å². The molecular weight excluding hydrogens is 453 g/mol. The van der Waals surface area contributed by atoms with Crippen molar-refractivity contribution in [1.29, 1.82) is 0 Å². The van der Waals surface area contributed by atoms with Crippen molar-refractivity contribution in [2.75, 3.05) is 12.3 Å². The molecule has 0 bridgehead atoms. The van der Waals surface area contributed by atoms with Crippen LogP contribution in [0.1, 0.15) is 17.5 Å². The van der Waals surface area contributed by atoms with E-state index in [0.717, 1.165) is 47.3 Å². The van der Waals surface area contributed by atoms with Crippen LogP contribution in [0, 0.1) is 0 Å². The predicted octanol–water partition coefficient (Wildman–Crippen LogP) is 4.79. The summed E-state index contributed by atoms with van der Waals surface area (Å²) >= 11 is 13.8. The highest BCUT2D eigenvalue weighted by Gasteiger charge is 2.06. The first-order valence-corrected chi connectivity index (χ1v) is 10.6. The maximum absolute atomic E-state index is 6.22. The van der Waals surface area contributed by atoms with E-state index in [1.54, 1.807) is 22.5 Å². The fraction of sp³-hybridized carbons (Fsp3) is 0.316. The third-order valence-electron chi connectivity index (χ3n) is 4.00. The summed E-state index contributed by atoms with van der Waals surface area (Å²) < 4.78 is 7.67. The zero-order chi connectivity index (χ0) is 19.8. The first-order chi connectivity index (χ1) is 13.6. The number of ether oxygens (including phenoxy) is 1. The first-order valence-electron chi connectivity index (χ1n) is 8.84. The Morgan fingerprint density at radius 2 is 1.97 bits per heavy atom. The van der Waals surface area contributed by atoms with Crippen LogP contribution in [0.5, 0.6) is 5.75 Å². The van der Waals surface area contributed by atoms with E-state index in [1.165, 1.54) is 0 Å². The molecule has 2 aromatic carbocycles. The molecule has 6 nitrogen and oxygen atoms in total. The number of nitrogens with zero attached hydrogens (tertiary/aromatic N) is 4. The van der Waals surface area contributed by atoms with Gasteiger partial charge in [0.1, 0.15) is 12.4 Å². The Balaban J connectivity index is 0.00000300. The van der Waals surface area contributed by atoms with Gasteiger partial charge in [0.15, 0.2) is 0 Å². The number of nitrogens with one attached hydrogen (secondary N) is 1. The Labute approximate surface area is 190 Å². The molecule has 0 amide bonds. The standard InChI is InChI=1S/C19H21Cl2N5OS.ClH/c1-26-19(23-24-25-26)28-10-4-9-22-12-14-5-2-3-6-18(14)27-13-15-7-8-16(20)11-17(15)21;/h2-3,5-8,11,22H,4,9-10,12-13H2,1H3;1H. The second-order valence-electron chi connectivity index (χ2n) is 6.10. The third kappa shape index (κ3) is 7.35. The lowest BCUT2D eigenvalue weighted by molar-refractivity contribution is 0.302. The largest absolute Gasteiger partial charge is 0.489 e. The quantitative estimate of drug-likeness (QED) is 0.337. The minimum atomic E-state index is 0. The zero-order valence-electron chi connectivity index (χ0n) is 15.8. The van der Waals surface area contributed by atoms with Gasteiger partial charge in [-0.25, -0.2) is 4.68 Å². The molecule has 0 aliphatic heterocycles. The molecule has 29 heavy (non-hydrogen) atoms. The fourth-order valence-electron chi connectivity index (χ4n) is 2.51. The summed E-state index contributed by atoms with van der Waals surface area (Å²) in [7, 11) is 1.84. The number of aromatic nitrogens is 4. The monoisotopic (exact) mass is 473 g/mol. The molecule has 0 aliphatic rings. The Morgan fingerprint density at radius 3 is 2.72 bits per heavy atom. The average Bonchev–Trinajstić information content (AvgIpc) is 3.09. The molecule has 0 unspecified atom stereocenters. The number of tetrazole rings is 1. The second kappa shape index (κ2) is 12.2. The Bertz CT molecular complexity index is 909. The van der Waals surface area contributed by atoms with Crippen molar-refractivity contribution in [2.24, 2.45) is 7.05 Å². The summed E-state index contributed by atoms with van der Waals surface area (Å²) in [4.78, 5) is 0. The number of thioether (sulfide) groups is 1. The number of para-hydroxylation sites is 1. The first kappa shape index (κ1) is 23.8. The maximum Gasteiger partial charge on any atom is 0.209 e. The van der Waals surface area contributed by atoms with E-state index in [2.05, 4.69) is 26.9 Å². The molecule has 0 saturated heterocycles. The normalized spacial score (nSPS) is 10.6. The molecule has 1 aromatic heterocycles. The fourth-order valence-corrected chi connectivity index (χ4v) is 3.76. The average molecular weight is 475 g/mol. The Morgan fingerprint density at radius 1 is 1.14 bits per heavy atom. The number of benzene rings is 2. The van der Waals surface area contributed by atoms with E-state index in [4.69, 9.17) is 27.9 Å². The lowest BCUT2D eigenvalue weighted by Gasteiger charge is -2.13. The number of hydrogen-bond acceptors (Lipinski definition) is 6. The smallest absolute Gasteiger partial charge is 0.209 e. The molecule has 0 spiro atoms. The lowest BCUT2D eigenvalue weighted by Crippen LogP contribution is -2.16. The van der Waals surface area contributed by atoms with Crippen LogP contribution >= 0.6 is 47.4 Å². The van der Waals surface area contributed by atoms with Gasteiger partial charge < -0.3 is 10.1 Å². The van der Waals surface area contributed by atoms with E-state index < -0.39 is 0 Å². The van der Waals surface area contributed by atoms with Gasteiger partial charge in [0.25, 0.3) is 0 Å². The van der Waals surface area contributed by atoms with Gasteiger partial charge in [-0.1, -0.05) is 59.2 Å². The van der Waals surface area contributed by atoms with Crippen LogP contribution < -0.4 is 10.1 Å². The highest BCUT2D eigenvalue weighted by atomic mass is 35.5. The molecule has 156 valence electrons. The molecule has 3 rings (SSSR count). The molecular formula is C19H22Cl3N5OS. The van der Waals surface area contributed by atoms with Crippen molar-refractivity contribution in [3.05, 3.63) is 63.6 Å². The van der Waals surface area contributed by atoms with Gasteiger partial charge in [0.05, 0.1) is 0 Å². The highest BCUT2D eigenvalue weighted by molar-refractivity contribution is 7.99. The van der Waals surface area contributed by atoms with Crippen molar-refractivity contribution < 1.29 is 4.74 Å². The van der Waals surface area contributed by atoms with Crippen LogP contribution in [0.2, 0.25) is 10.0 Å². The van der Waals surface area contributed by atoms with Gasteiger partial charge in [-0.3, -0.25) is 0 Å². The van der Waals surface area contributed by atoms with Crippen molar-refractivity contribution in [3.63, 3.8) is 0 Å². The van der Waals surface area contributed by atoms with Crippen molar-refractivity contribution in [2.45, 2.75) is 24.7 Å². The van der Waals surface area contributed by atoms with Gasteiger partial charge in [-0.05, 0) is 41.6 Å². The van der Waals surface area contributed by atoms with Crippen LogP contribution in [0.3, 0.4) is 0 Å². The minimum absolute atomic E-state index is 0. The van der Waals surface area contributed by atoms with Gasteiger partial charge in [-0.15, -0.1) is 17.5 Å². The van der Waals surface area contributed by atoms with E-state index in [9.17, 15) is 0 Å². The van der Waals surface area contributed by atoms with E-state index >= 15 is 0 Å². The molecule has 0 atom stereocenters. The van der Waals surface area contributed by atoms with Crippen LogP contribution in [0.4, 0.5) is 0 Å².